The number of carbonyl (C=O) groups is 1. The number of nitrogen functional groups attached to an aromatic ring is 1. The van der Waals surface area contributed by atoms with Gasteiger partial charge in [-0.3, -0.25) is 4.90 Å². The Hall–Kier alpha value is -2.77. The molecule has 3 heterocycles. The van der Waals surface area contributed by atoms with E-state index in [0.29, 0.717) is 53.3 Å². The van der Waals surface area contributed by atoms with Crippen LogP contribution in [0.4, 0.5) is 16.3 Å². The third-order valence-corrected chi connectivity index (χ3v) is 7.71. The minimum Gasteiger partial charge on any atom is -0.387 e. The number of aliphatic hydroxyl groups is 2. The first-order valence-corrected chi connectivity index (χ1v) is 14.5. The first kappa shape index (κ1) is 30.2. The molecule has 6 N–H and O–H groups in total. The number of aromatic nitrogens is 3. The number of aliphatic hydroxyl groups excluding tert-OH is 2. The molecular formula is C28H40BrN7O4. The lowest BCUT2D eigenvalue weighted by molar-refractivity contribution is -0.0466. The molecule has 1 aromatic carbocycles. The van der Waals surface area contributed by atoms with Gasteiger partial charge in [-0.1, -0.05) is 26.0 Å². The van der Waals surface area contributed by atoms with Crippen LogP contribution in [0.25, 0.3) is 11.0 Å². The van der Waals surface area contributed by atoms with Gasteiger partial charge in [0.2, 0.25) is 0 Å². The number of nitrogens with zero attached hydrogens (tertiary/aromatic N) is 4. The van der Waals surface area contributed by atoms with E-state index < -0.39 is 24.5 Å². The normalized spacial score (nSPS) is 21.1. The molecule has 2 aromatic heterocycles. The summed E-state index contributed by atoms with van der Waals surface area (Å²) in [5.74, 6) is 0.896. The predicted molar refractivity (Wildman–Crippen MR) is 159 cm³/mol. The third-order valence-electron chi connectivity index (χ3n) is 7.11. The molecular weight excluding hydrogens is 578 g/mol. The van der Waals surface area contributed by atoms with Crippen LogP contribution >= 0.6 is 15.9 Å². The second kappa shape index (κ2) is 13.3. The van der Waals surface area contributed by atoms with Gasteiger partial charge in [0.25, 0.3) is 0 Å². The number of rotatable bonds is 11. The van der Waals surface area contributed by atoms with E-state index in [-0.39, 0.29) is 12.1 Å². The molecule has 40 heavy (non-hydrogen) atoms. The lowest BCUT2D eigenvalue weighted by Crippen LogP contribution is -2.44. The van der Waals surface area contributed by atoms with E-state index >= 15 is 0 Å². The Balaban J connectivity index is 1.28. The third kappa shape index (κ3) is 7.10. The van der Waals surface area contributed by atoms with Crippen molar-refractivity contribution >= 4 is 44.5 Å². The van der Waals surface area contributed by atoms with Gasteiger partial charge in [-0.2, -0.15) is 0 Å². The molecule has 0 bridgehead atoms. The number of fused-ring (bicyclic) bond motifs is 1. The highest BCUT2D eigenvalue weighted by atomic mass is 79.9. The second-order valence-electron chi connectivity index (χ2n) is 11.0. The van der Waals surface area contributed by atoms with Crippen molar-refractivity contribution in [3.63, 3.8) is 0 Å². The van der Waals surface area contributed by atoms with Gasteiger partial charge in [-0.25, -0.2) is 14.8 Å². The Morgan fingerprint density at radius 3 is 2.58 bits per heavy atom. The Labute approximate surface area is 243 Å². The molecule has 0 spiro atoms. The number of benzene rings is 1. The topological polar surface area (TPSA) is 151 Å². The number of carbonyl (C=O) groups excluding carboxylic acids is 1. The summed E-state index contributed by atoms with van der Waals surface area (Å²) in [5, 5.41) is 28.1. The van der Waals surface area contributed by atoms with E-state index in [1.807, 2.05) is 24.3 Å². The Kier molecular flexibility index (Phi) is 10.0. The summed E-state index contributed by atoms with van der Waals surface area (Å²) in [6.07, 6.45) is 1.12. The number of anilines is 2. The molecule has 0 saturated carbocycles. The van der Waals surface area contributed by atoms with Gasteiger partial charge in [0.1, 0.15) is 36.1 Å². The van der Waals surface area contributed by atoms with E-state index in [2.05, 4.69) is 69.1 Å². The maximum absolute atomic E-state index is 12.4. The minimum atomic E-state index is -1.15. The van der Waals surface area contributed by atoms with Gasteiger partial charge < -0.3 is 35.9 Å². The number of nitrogens with two attached hydrogens (primary N) is 1. The van der Waals surface area contributed by atoms with Crippen molar-refractivity contribution in [3.8, 4) is 0 Å². The highest BCUT2D eigenvalue weighted by Crippen LogP contribution is 2.36. The zero-order chi connectivity index (χ0) is 29.0. The molecule has 3 aromatic rings. The fourth-order valence-electron chi connectivity index (χ4n) is 5.01. The highest BCUT2D eigenvalue weighted by molar-refractivity contribution is 9.10. The molecule has 1 aliphatic rings. The summed E-state index contributed by atoms with van der Waals surface area (Å²) in [6.45, 7) is 10.1. The van der Waals surface area contributed by atoms with Crippen molar-refractivity contribution in [3.05, 3.63) is 46.8 Å². The van der Waals surface area contributed by atoms with Gasteiger partial charge in [0, 0.05) is 42.0 Å². The van der Waals surface area contributed by atoms with E-state index in [1.54, 1.807) is 10.8 Å². The maximum Gasteiger partial charge on any atom is 0.319 e. The molecule has 0 aliphatic carbocycles. The number of halogens is 1. The average Bonchev–Trinajstić information content (AvgIpc) is 3.38. The van der Waals surface area contributed by atoms with Crippen molar-refractivity contribution in [2.24, 2.45) is 5.92 Å². The summed E-state index contributed by atoms with van der Waals surface area (Å²) < 4.78 is 8.52. The number of urea groups is 1. The van der Waals surface area contributed by atoms with Crippen LogP contribution in [-0.4, -0.2) is 79.7 Å². The van der Waals surface area contributed by atoms with Crippen LogP contribution in [0.3, 0.4) is 0 Å². The first-order chi connectivity index (χ1) is 19.0. The molecule has 1 saturated heterocycles. The predicted octanol–water partition coefficient (Wildman–Crippen LogP) is 3.52. The van der Waals surface area contributed by atoms with Crippen molar-refractivity contribution in [2.75, 3.05) is 30.7 Å². The van der Waals surface area contributed by atoms with Crippen LogP contribution in [0.1, 0.15) is 45.9 Å². The van der Waals surface area contributed by atoms with Gasteiger partial charge >= 0.3 is 6.03 Å². The molecule has 0 unspecified atom stereocenters. The molecule has 4 atom stereocenters. The second-order valence-corrected chi connectivity index (χ2v) is 11.9. The van der Waals surface area contributed by atoms with E-state index in [0.717, 1.165) is 12.1 Å². The molecule has 11 nitrogen and oxygen atoms in total. The SMILES string of the molecule is CC(C)Cc1ccc(NC(=O)NCCCN(C[C@H]2O[C@@H](n3cc(Br)c4c(N)ncnc43)[C@H](O)[C@@H]2O)C(C)C)cc1. The standard InChI is InChI=1S/C28H40BrN7O4/c1-16(2)12-18-6-8-19(9-7-18)34-28(39)31-10-5-11-35(17(3)4)14-21-23(37)24(38)27(40-21)36-13-20(29)22-25(30)32-15-33-26(22)36/h6-9,13,15-17,21,23-24,27,37-38H,5,10-12,14H2,1-4H3,(H2,30,32,33)(H2,31,34,39)/t21-,23-,24-,27-/m1/s1. The zero-order valence-corrected chi connectivity index (χ0v) is 25.0. The van der Waals surface area contributed by atoms with Gasteiger partial charge in [0.05, 0.1) is 5.39 Å². The number of amides is 2. The smallest absolute Gasteiger partial charge is 0.319 e. The number of hydrogen-bond donors (Lipinski definition) is 5. The lowest BCUT2D eigenvalue weighted by Gasteiger charge is -2.30. The van der Waals surface area contributed by atoms with Crippen LogP contribution in [0.2, 0.25) is 0 Å². The summed E-state index contributed by atoms with van der Waals surface area (Å²) in [7, 11) is 0. The fourth-order valence-corrected chi connectivity index (χ4v) is 5.61. The lowest BCUT2D eigenvalue weighted by atomic mass is 10.0. The quantitative estimate of drug-likeness (QED) is 0.205. The highest BCUT2D eigenvalue weighted by Gasteiger charge is 2.45. The monoisotopic (exact) mass is 617 g/mol. The Morgan fingerprint density at radius 1 is 1.18 bits per heavy atom. The van der Waals surface area contributed by atoms with Crippen LogP contribution in [-0.2, 0) is 11.2 Å². The van der Waals surface area contributed by atoms with Crippen LogP contribution in [0, 0.1) is 5.92 Å². The molecule has 2 amide bonds. The minimum absolute atomic E-state index is 0.166. The number of hydrogen-bond acceptors (Lipinski definition) is 8. The molecule has 4 rings (SSSR count). The van der Waals surface area contributed by atoms with Gasteiger partial charge in [0.15, 0.2) is 6.23 Å². The fraction of sp³-hybridized carbons (Fsp3) is 0.536. The van der Waals surface area contributed by atoms with Crippen molar-refractivity contribution in [1.82, 2.24) is 24.8 Å². The largest absolute Gasteiger partial charge is 0.387 e. The Bertz CT molecular complexity index is 1280. The molecule has 12 heteroatoms. The number of ether oxygens (including phenoxy) is 1. The zero-order valence-electron chi connectivity index (χ0n) is 23.4. The molecule has 1 fully saturated rings. The van der Waals surface area contributed by atoms with E-state index in [1.165, 1.54) is 11.9 Å². The summed E-state index contributed by atoms with van der Waals surface area (Å²) >= 11 is 3.48. The van der Waals surface area contributed by atoms with E-state index in [9.17, 15) is 15.0 Å². The van der Waals surface area contributed by atoms with Crippen molar-refractivity contribution < 1.29 is 19.7 Å². The van der Waals surface area contributed by atoms with Gasteiger partial charge in [-0.15, -0.1) is 0 Å². The van der Waals surface area contributed by atoms with Crippen LogP contribution < -0.4 is 16.4 Å². The molecule has 218 valence electrons. The van der Waals surface area contributed by atoms with E-state index in [4.69, 9.17) is 10.5 Å². The summed E-state index contributed by atoms with van der Waals surface area (Å²) in [4.78, 5) is 22.9. The number of nitrogens with one attached hydrogen (secondary N) is 2. The van der Waals surface area contributed by atoms with Gasteiger partial charge in [-0.05, 0) is 66.2 Å². The van der Waals surface area contributed by atoms with Crippen molar-refractivity contribution in [2.45, 2.75) is 71.1 Å². The molecule has 1 aliphatic heterocycles. The first-order valence-electron chi connectivity index (χ1n) is 13.7. The van der Waals surface area contributed by atoms with Crippen molar-refractivity contribution in [1.29, 1.82) is 0 Å². The Morgan fingerprint density at radius 2 is 1.90 bits per heavy atom. The maximum atomic E-state index is 12.4. The van der Waals surface area contributed by atoms with Crippen LogP contribution in [0.5, 0.6) is 0 Å². The summed E-state index contributed by atoms with van der Waals surface area (Å²) in [6, 6.07) is 7.84. The summed E-state index contributed by atoms with van der Waals surface area (Å²) in [5.41, 5.74) is 8.52. The van der Waals surface area contributed by atoms with Crippen LogP contribution in [0.15, 0.2) is 41.3 Å². The average molecular weight is 619 g/mol. The molecule has 0 radical (unpaired) electrons.